The topological polar surface area (TPSA) is 58.6 Å². The molecule has 5 heteroatoms. The molecule has 0 aromatic carbocycles. The van der Waals surface area contributed by atoms with Crippen molar-refractivity contribution >= 4 is 11.9 Å². The number of nitrogens with zero attached hydrogens (tertiary/aromatic N) is 1. The fourth-order valence-electron chi connectivity index (χ4n) is 3.31. The van der Waals surface area contributed by atoms with Gasteiger partial charge in [-0.25, -0.2) is 0 Å². The van der Waals surface area contributed by atoms with Crippen LogP contribution in [-0.2, 0) is 14.3 Å². The zero-order valence-electron chi connectivity index (χ0n) is 12.4. The summed E-state index contributed by atoms with van der Waals surface area (Å²) >= 11 is 0. The fraction of sp³-hybridized carbons (Fsp3) is 0.867. The van der Waals surface area contributed by atoms with Gasteiger partial charge < -0.3 is 10.1 Å². The third kappa shape index (κ3) is 3.95. The number of carbonyl (C=O) groups is 2. The first kappa shape index (κ1) is 15.3. The van der Waals surface area contributed by atoms with E-state index in [9.17, 15) is 9.59 Å². The van der Waals surface area contributed by atoms with Gasteiger partial charge in [-0.05, 0) is 45.7 Å². The minimum Gasteiger partial charge on any atom is -0.466 e. The second kappa shape index (κ2) is 7.62. The number of likely N-dealkylation sites (tertiary alicyclic amines) is 1. The monoisotopic (exact) mass is 282 g/mol. The predicted molar refractivity (Wildman–Crippen MR) is 76.2 cm³/mol. The van der Waals surface area contributed by atoms with Gasteiger partial charge in [0.1, 0.15) is 0 Å². The van der Waals surface area contributed by atoms with Crippen LogP contribution in [0, 0.1) is 5.92 Å². The molecular weight excluding hydrogens is 256 g/mol. The van der Waals surface area contributed by atoms with Gasteiger partial charge in [0, 0.05) is 19.0 Å². The third-order valence-electron chi connectivity index (χ3n) is 4.35. The number of ether oxygens (including phenoxy) is 1. The summed E-state index contributed by atoms with van der Waals surface area (Å²) in [4.78, 5) is 25.3. The molecule has 2 fully saturated rings. The molecule has 2 aliphatic rings. The van der Waals surface area contributed by atoms with Crippen molar-refractivity contribution in [1.29, 1.82) is 0 Å². The summed E-state index contributed by atoms with van der Waals surface area (Å²) in [5, 5.41) is 2.98. The highest BCUT2D eigenvalue weighted by Crippen LogP contribution is 2.27. The Bertz CT molecular complexity index is 346. The highest BCUT2D eigenvalue weighted by molar-refractivity contribution is 5.82. The van der Waals surface area contributed by atoms with Gasteiger partial charge in [0.25, 0.3) is 0 Å². The first-order valence-electron chi connectivity index (χ1n) is 7.89. The summed E-state index contributed by atoms with van der Waals surface area (Å²) in [6, 6.07) is 0.404. The van der Waals surface area contributed by atoms with E-state index in [1.54, 1.807) is 0 Å². The van der Waals surface area contributed by atoms with E-state index in [0.717, 1.165) is 51.7 Å². The van der Waals surface area contributed by atoms with Crippen molar-refractivity contribution in [2.24, 2.45) is 5.92 Å². The van der Waals surface area contributed by atoms with Gasteiger partial charge in [0.05, 0.1) is 12.5 Å². The largest absolute Gasteiger partial charge is 0.466 e. The van der Waals surface area contributed by atoms with Gasteiger partial charge in [-0.15, -0.1) is 0 Å². The minimum atomic E-state index is -0.0869. The number of carbonyl (C=O) groups excluding carboxylic acids is 2. The second-order valence-corrected chi connectivity index (χ2v) is 5.71. The van der Waals surface area contributed by atoms with Crippen LogP contribution in [0.4, 0.5) is 0 Å². The van der Waals surface area contributed by atoms with E-state index in [0.29, 0.717) is 19.1 Å². The summed E-state index contributed by atoms with van der Waals surface area (Å²) in [6.07, 6.45) is 5.73. The van der Waals surface area contributed by atoms with E-state index in [1.807, 2.05) is 6.92 Å². The molecule has 2 atom stereocenters. The second-order valence-electron chi connectivity index (χ2n) is 5.71. The quantitative estimate of drug-likeness (QED) is 0.565. The van der Waals surface area contributed by atoms with Crippen LogP contribution in [0.3, 0.4) is 0 Å². The van der Waals surface area contributed by atoms with Gasteiger partial charge in [0.2, 0.25) is 5.91 Å². The number of esters is 1. The van der Waals surface area contributed by atoms with Crippen molar-refractivity contribution < 1.29 is 14.3 Å². The van der Waals surface area contributed by atoms with Crippen LogP contribution in [0.2, 0.25) is 0 Å². The van der Waals surface area contributed by atoms with Crippen LogP contribution >= 0.6 is 0 Å². The molecule has 1 N–H and O–H groups in total. The minimum absolute atomic E-state index is 0.0869. The molecule has 2 heterocycles. The van der Waals surface area contributed by atoms with Crippen LogP contribution in [-0.4, -0.2) is 49.1 Å². The zero-order chi connectivity index (χ0) is 14.4. The zero-order valence-corrected chi connectivity index (χ0v) is 12.4. The van der Waals surface area contributed by atoms with Crippen LogP contribution in [0.5, 0.6) is 0 Å². The van der Waals surface area contributed by atoms with Gasteiger partial charge in [-0.1, -0.05) is 6.42 Å². The Morgan fingerprint density at radius 2 is 2.25 bits per heavy atom. The summed E-state index contributed by atoms with van der Waals surface area (Å²) < 4.78 is 4.91. The lowest BCUT2D eigenvalue weighted by Gasteiger charge is -2.35. The van der Waals surface area contributed by atoms with Gasteiger partial charge in [-0.2, -0.15) is 0 Å². The highest BCUT2D eigenvalue weighted by atomic mass is 16.5. The Kier molecular flexibility index (Phi) is 5.83. The summed E-state index contributed by atoms with van der Waals surface area (Å²) in [7, 11) is 0. The Balaban J connectivity index is 1.62. The molecular formula is C15H26N2O3. The summed E-state index contributed by atoms with van der Waals surface area (Å²) in [5.41, 5.74) is 0. The molecule has 2 aliphatic heterocycles. The van der Waals surface area contributed by atoms with Crippen molar-refractivity contribution in [1.82, 2.24) is 10.2 Å². The molecule has 0 saturated carbocycles. The molecule has 2 rings (SSSR count). The van der Waals surface area contributed by atoms with Crippen LogP contribution in [0.1, 0.15) is 45.4 Å². The molecule has 0 aromatic heterocycles. The normalized spacial score (nSPS) is 26.1. The Morgan fingerprint density at radius 3 is 3.05 bits per heavy atom. The molecule has 1 amide bonds. The Morgan fingerprint density at radius 1 is 1.40 bits per heavy atom. The molecule has 5 nitrogen and oxygen atoms in total. The predicted octanol–water partition coefficient (Wildman–Crippen LogP) is 1.32. The van der Waals surface area contributed by atoms with E-state index < -0.39 is 0 Å². The maximum absolute atomic E-state index is 11.7. The number of piperidine rings is 1. The number of hydrogen-bond donors (Lipinski definition) is 1. The fourth-order valence-corrected chi connectivity index (χ4v) is 3.31. The summed E-state index contributed by atoms with van der Waals surface area (Å²) in [5.74, 6) is 0.362. The first-order chi connectivity index (χ1) is 9.72. The Labute approximate surface area is 121 Å². The number of amides is 1. The Hall–Kier alpha value is -1.10. The molecule has 0 spiro atoms. The third-order valence-corrected chi connectivity index (χ3v) is 4.35. The first-order valence-corrected chi connectivity index (χ1v) is 7.89. The van der Waals surface area contributed by atoms with Gasteiger partial charge in [0.15, 0.2) is 0 Å². The molecule has 20 heavy (non-hydrogen) atoms. The average Bonchev–Trinajstić information content (AvgIpc) is 2.81. The highest BCUT2D eigenvalue weighted by Gasteiger charge is 2.40. The smallest absolute Gasteiger partial charge is 0.305 e. The lowest BCUT2D eigenvalue weighted by molar-refractivity contribution is -0.143. The number of nitrogens with one attached hydrogen (secondary N) is 1. The SMILES string of the molecule is CCOC(=O)CCCCCN1CCCC2C(=O)NCC21. The molecule has 2 unspecified atom stereocenters. The maximum Gasteiger partial charge on any atom is 0.305 e. The molecule has 0 bridgehead atoms. The molecule has 0 aromatic rings. The lowest BCUT2D eigenvalue weighted by atomic mass is 9.91. The van der Waals surface area contributed by atoms with Gasteiger partial charge >= 0.3 is 5.97 Å². The number of hydrogen-bond acceptors (Lipinski definition) is 4. The number of rotatable bonds is 7. The summed E-state index contributed by atoms with van der Waals surface area (Å²) in [6.45, 7) is 5.26. The number of fused-ring (bicyclic) bond motifs is 1. The van der Waals surface area contributed by atoms with E-state index in [2.05, 4.69) is 10.2 Å². The van der Waals surface area contributed by atoms with E-state index in [-0.39, 0.29) is 17.8 Å². The maximum atomic E-state index is 11.7. The van der Waals surface area contributed by atoms with E-state index in [1.165, 1.54) is 0 Å². The van der Waals surface area contributed by atoms with Gasteiger partial charge in [-0.3, -0.25) is 14.5 Å². The molecule has 114 valence electrons. The average molecular weight is 282 g/mol. The molecule has 0 aliphatic carbocycles. The van der Waals surface area contributed by atoms with E-state index in [4.69, 9.17) is 4.74 Å². The molecule has 2 saturated heterocycles. The van der Waals surface area contributed by atoms with Crippen molar-refractivity contribution in [3.8, 4) is 0 Å². The van der Waals surface area contributed by atoms with Crippen LogP contribution < -0.4 is 5.32 Å². The van der Waals surface area contributed by atoms with E-state index >= 15 is 0 Å². The van der Waals surface area contributed by atoms with Crippen molar-refractivity contribution in [3.63, 3.8) is 0 Å². The van der Waals surface area contributed by atoms with Crippen LogP contribution in [0.15, 0.2) is 0 Å². The molecule has 0 radical (unpaired) electrons. The standard InChI is InChI=1S/C15H26N2O3/c1-2-20-14(18)8-4-3-5-9-17-10-6-7-12-13(17)11-16-15(12)19/h12-13H,2-11H2,1H3,(H,16,19). The van der Waals surface area contributed by atoms with Crippen molar-refractivity contribution in [2.45, 2.75) is 51.5 Å². The van der Waals surface area contributed by atoms with Crippen molar-refractivity contribution in [3.05, 3.63) is 0 Å². The number of unbranched alkanes of at least 4 members (excludes halogenated alkanes) is 2. The van der Waals surface area contributed by atoms with Crippen LogP contribution in [0.25, 0.3) is 0 Å². The van der Waals surface area contributed by atoms with Crippen molar-refractivity contribution in [2.75, 3.05) is 26.2 Å². The lowest BCUT2D eigenvalue weighted by Crippen LogP contribution is -2.45.